The van der Waals surface area contributed by atoms with E-state index < -0.39 is 0 Å². The van der Waals surface area contributed by atoms with Crippen LogP contribution in [0.15, 0.2) is 42.9 Å². The van der Waals surface area contributed by atoms with Crippen molar-refractivity contribution in [3.8, 4) is 11.3 Å². The molecule has 1 aromatic carbocycles. The van der Waals surface area contributed by atoms with Crippen LogP contribution in [0.3, 0.4) is 0 Å². The molecule has 140 valence electrons. The first kappa shape index (κ1) is 17.7. The summed E-state index contributed by atoms with van der Waals surface area (Å²) in [7, 11) is 0. The third kappa shape index (κ3) is 3.71. The maximum atomic E-state index is 13.0. The van der Waals surface area contributed by atoms with Crippen LogP contribution >= 0.6 is 0 Å². The summed E-state index contributed by atoms with van der Waals surface area (Å²) in [6.45, 7) is 4.30. The van der Waals surface area contributed by atoms with Gasteiger partial charge in [-0.15, -0.1) is 0 Å². The molecule has 6 nitrogen and oxygen atoms in total. The minimum absolute atomic E-state index is 0.0565. The molecule has 2 aromatic heterocycles. The third-order valence-electron chi connectivity index (χ3n) is 4.96. The molecule has 1 atom stereocenters. The zero-order chi connectivity index (χ0) is 18.6. The number of hydrogen-bond acceptors (Lipinski definition) is 4. The summed E-state index contributed by atoms with van der Waals surface area (Å²) >= 11 is 0. The number of nitrogens with zero attached hydrogens (tertiary/aromatic N) is 3. The minimum atomic E-state index is 0.0565. The number of hydrogen-bond donors (Lipinski definition) is 1. The molecule has 1 fully saturated rings. The molecule has 27 heavy (non-hydrogen) atoms. The van der Waals surface area contributed by atoms with Gasteiger partial charge in [-0.3, -0.25) is 4.79 Å². The molecule has 6 heteroatoms. The fourth-order valence-corrected chi connectivity index (χ4v) is 3.63. The van der Waals surface area contributed by atoms with Crippen molar-refractivity contribution in [1.82, 2.24) is 19.9 Å². The van der Waals surface area contributed by atoms with Crippen LogP contribution in [0.5, 0.6) is 0 Å². The molecule has 0 radical (unpaired) electrons. The Morgan fingerprint density at radius 3 is 3.15 bits per heavy atom. The number of H-pyrrole nitrogens is 1. The number of likely N-dealkylation sites (tertiary alicyclic amines) is 1. The SMILES string of the molecule is CCCOC1CCCN(C(=O)c2cccc(-c3ncnc4[nH]ccc34)c2)C1. The Bertz CT molecular complexity index is 937. The first-order valence-corrected chi connectivity index (χ1v) is 9.55. The van der Waals surface area contributed by atoms with Gasteiger partial charge in [-0.25, -0.2) is 9.97 Å². The number of rotatable bonds is 5. The number of nitrogens with one attached hydrogen (secondary N) is 1. The van der Waals surface area contributed by atoms with Gasteiger partial charge in [0.1, 0.15) is 12.0 Å². The molecule has 0 saturated carbocycles. The topological polar surface area (TPSA) is 71.1 Å². The lowest BCUT2D eigenvalue weighted by Crippen LogP contribution is -2.43. The lowest BCUT2D eigenvalue weighted by Gasteiger charge is -2.32. The molecule has 3 heterocycles. The number of aromatic nitrogens is 3. The number of fused-ring (bicyclic) bond motifs is 1. The highest BCUT2D eigenvalue weighted by molar-refractivity contribution is 5.97. The van der Waals surface area contributed by atoms with Gasteiger partial charge >= 0.3 is 0 Å². The van der Waals surface area contributed by atoms with Crippen LogP contribution in [0.4, 0.5) is 0 Å². The van der Waals surface area contributed by atoms with E-state index in [1.165, 1.54) is 0 Å². The van der Waals surface area contributed by atoms with Crippen molar-refractivity contribution in [3.05, 3.63) is 48.4 Å². The van der Waals surface area contributed by atoms with Gasteiger partial charge in [-0.1, -0.05) is 19.1 Å². The summed E-state index contributed by atoms with van der Waals surface area (Å²) in [6.07, 6.45) is 6.54. The fourth-order valence-electron chi connectivity index (χ4n) is 3.63. The lowest BCUT2D eigenvalue weighted by atomic mass is 10.0. The quantitative estimate of drug-likeness (QED) is 0.750. The van der Waals surface area contributed by atoms with E-state index in [-0.39, 0.29) is 12.0 Å². The maximum absolute atomic E-state index is 13.0. The van der Waals surface area contributed by atoms with Crippen LogP contribution in [0.25, 0.3) is 22.3 Å². The van der Waals surface area contributed by atoms with Crippen LogP contribution < -0.4 is 0 Å². The Labute approximate surface area is 158 Å². The number of amides is 1. The zero-order valence-electron chi connectivity index (χ0n) is 15.5. The predicted molar refractivity (Wildman–Crippen MR) is 104 cm³/mol. The van der Waals surface area contributed by atoms with Gasteiger partial charge in [-0.05, 0) is 37.5 Å². The van der Waals surface area contributed by atoms with Gasteiger partial charge in [0.15, 0.2) is 0 Å². The summed E-state index contributed by atoms with van der Waals surface area (Å²) in [4.78, 5) is 26.7. The molecule has 3 aromatic rings. The number of carbonyl (C=O) groups is 1. The van der Waals surface area contributed by atoms with Crippen molar-refractivity contribution in [2.24, 2.45) is 0 Å². The highest BCUT2D eigenvalue weighted by Crippen LogP contribution is 2.26. The van der Waals surface area contributed by atoms with Crippen molar-refractivity contribution in [2.75, 3.05) is 19.7 Å². The van der Waals surface area contributed by atoms with Crippen molar-refractivity contribution < 1.29 is 9.53 Å². The highest BCUT2D eigenvalue weighted by atomic mass is 16.5. The number of carbonyl (C=O) groups excluding carboxylic acids is 1. The average Bonchev–Trinajstić information content (AvgIpc) is 3.21. The molecular weight excluding hydrogens is 340 g/mol. The van der Waals surface area contributed by atoms with E-state index in [0.29, 0.717) is 12.1 Å². The Kier molecular flexibility index (Phi) is 5.16. The average molecular weight is 364 g/mol. The number of aromatic amines is 1. The molecule has 1 N–H and O–H groups in total. The number of benzene rings is 1. The summed E-state index contributed by atoms with van der Waals surface area (Å²) < 4.78 is 5.87. The van der Waals surface area contributed by atoms with E-state index in [1.54, 1.807) is 6.33 Å². The standard InChI is InChI=1S/C21H24N4O2/c1-2-11-27-17-7-4-10-25(13-17)21(26)16-6-3-5-15(12-16)19-18-8-9-22-20(18)24-14-23-19/h3,5-6,8-9,12,14,17H,2,4,7,10-11,13H2,1H3,(H,22,23,24). The first-order valence-electron chi connectivity index (χ1n) is 9.55. The fraction of sp³-hybridized carbons (Fsp3) is 0.381. The van der Waals surface area contributed by atoms with Gasteiger partial charge in [0, 0.05) is 42.4 Å². The van der Waals surface area contributed by atoms with Crippen molar-refractivity contribution in [3.63, 3.8) is 0 Å². The molecule has 1 aliphatic rings. The summed E-state index contributed by atoms with van der Waals surface area (Å²) in [5.41, 5.74) is 3.23. The largest absolute Gasteiger partial charge is 0.376 e. The second-order valence-electron chi connectivity index (χ2n) is 6.93. The molecule has 0 bridgehead atoms. The zero-order valence-corrected chi connectivity index (χ0v) is 15.5. The predicted octanol–water partition coefficient (Wildman–Crippen LogP) is 3.66. The van der Waals surface area contributed by atoms with E-state index in [9.17, 15) is 4.79 Å². The van der Waals surface area contributed by atoms with E-state index in [2.05, 4.69) is 21.9 Å². The molecule has 1 aliphatic heterocycles. The molecule has 0 spiro atoms. The van der Waals surface area contributed by atoms with Gasteiger partial charge in [0.05, 0.1) is 11.8 Å². The smallest absolute Gasteiger partial charge is 0.253 e. The van der Waals surface area contributed by atoms with Crippen molar-refractivity contribution in [2.45, 2.75) is 32.3 Å². The van der Waals surface area contributed by atoms with E-state index in [4.69, 9.17) is 4.74 Å². The second-order valence-corrected chi connectivity index (χ2v) is 6.93. The van der Waals surface area contributed by atoms with Crippen LogP contribution in [0.2, 0.25) is 0 Å². The van der Waals surface area contributed by atoms with Gasteiger partial charge < -0.3 is 14.6 Å². The number of ether oxygens (including phenoxy) is 1. The second kappa shape index (κ2) is 7.88. The molecule has 1 amide bonds. The summed E-state index contributed by atoms with van der Waals surface area (Å²) in [5, 5.41) is 0.952. The van der Waals surface area contributed by atoms with Crippen LogP contribution in [0.1, 0.15) is 36.5 Å². The summed E-state index contributed by atoms with van der Waals surface area (Å²) in [5.74, 6) is 0.0565. The first-order chi connectivity index (χ1) is 13.3. The van der Waals surface area contributed by atoms with Gasteiger partial charge in [0.2, 0.25) is 0 Å². The van der Waals surface area contributed by atoms with Crippen LogP contribution in [0, 0.1) is 0 Å². The van der Waals surface area contributed by atoms with Crippen LogP contribution in [-0.2, 0) is 4.74 Å². The van der Waals surface area contributed by atoms with E-state index in [1.807, 2.05) is 41.4 Å². The van der Waals surface area contributed by atoms with E-state index >= 15 is 0 Å². The van der Waals surface area contributed by atoms with Crippen molar-refractivity contribution >= 4 is 16.9 Å². The van der Waals surface area contributed by atoms with Crippen LogP contribution in [-0.4, -0.2) is 51.6 Å². The Hall–Kier alpha value is -2.73. The van der Waals surface area contributed by atoms with Crippen molar-refractivity contribution in [1.29, 1.82) is 0 Å². The Morgan fingerprint density at radius 1 is 1.33 bits per heavy atom. The Morgan fingerprint density at radius 2 is 2.26 bits per heavy atom. The molecule has 0 aliphatic carbocycles. The molecule has 4 rings (SSSR count). The molecular formula is C21H24N4O2. The maximum Gasteiger partial charge on any atom is 0.253 e. The molecule has 1 saturated heterocycles. The molecule has 1 unspecified atom stereocenters. The monoisotopic (exact) mass is 364 g/mol. The third-order valence-corrected chi connectivity index (χ3v) is 4.96. The highest BCUT2D eigenvalue weighted by Gasteiger charge is 2.25. The summed E-state index contributed by atoms with van der Waals surface area (Å²) in [6, 6.07) is 9.65. The van der Waals surface area contributed by atoms with Gasteiger partial charge in [0.25, 0.3) is 5.91 Å². The number of piperidine rings is 1. The van der Waals surface area contributed by atoms with E-state index in [0.717, 1.165) is 54.7 Å². The van der Waals surface area contributed by atoms with Gasteiger partial charge in [-0.2, -0.15) is 0 Å². The minimum Gasteiger partial charge on any atom is -0.376 e. The lowest BCUT2D eigenvalue weighted by molar-refractivity contribution is 0.00211. The normalized spacial score (nSPS) is 17.4. The Balaban J connectivity index is 1.57.